The van der Waals surface area contributed by atoms with Gasteiger partial charge in [-0.1, -0.05) is 39.8 Å². The van der Waals surface area contributed by atoms with Gasteiger partial charge >= 0.3 is 0 Å². The first kappa shape index (κ1) is 18.6. The van der Waals surface area contributed by atoms with Crippen LogP contribution in [0, 0.1) is 35.0 Å². The molecule has 0 aliphatic heterocycles. The van der Waals surface area contributed by atoms with E-state index in [2.05, 4.69) is 26.8 Å². The summed E-state index contributed by atoms with van der Waals surface area (Å²) < 4.78 is 0. The number of carbonyl (C=O) groups is 1. The van der Waals surface area contributed by atoms with Crippen molar-refractivity contribution >= 4 is 5.78 Å². The van der Waals surface area contributed by atoms with Gasteiger partial charge in [-0.3, -0.25) is 4.79 Å². The van der Waals surface area contributed by atoms with Gasteiger partial charge < -0.3 is 15.3 Å². The molecular formula is C19H32O4. The van der Waals surface area contributed by atoms with Crippen molar-refractivity contribution in [2.75, 3.05) is 6.61 Å². The third kappa shape index (κ3) is 3.26. The number of aliphatic hydroxyl groups excluding tert-OH is 3. The lowest BCUT2D eigenvalue weighted by molar-refractivity contribution is -0.152. The second-order valence-corrected chi connectivity index (χ2v) is 8.17. The van der Waals surface area contributed by atoms with Crippen LogP contribution in [0.5, 0.6) is 0 Å². The lowest BCUT2D eigenvalue weighted by Crippen LogP contribution is -2.57. The molecule has 4 nitrogen and oxygen atoms in total. The van der Waals surface area contributed by atoms with Crippen molar-refractivity contribution in [2.45, 2.75) is 59.2 Å². The summed E-state index contributed by atoms with van der Waals surface area (Å²) in [5.74, 6) is 0.647. The van der Waals surface area contributed by atoms with E-state index < -0.39 is 17.6 Å². The Morgan fingerprint density at radius 2 is 1.96 bits per heavy atom. The molecule has 2 rings (SSSR count). The van der Waals surface area contributed by atoms with Crippen molar-refractivity contribution in [3.8, 4) is 0 Å². The minimum atomic E-state index is -0.811. The summed E-state index contributed by atoms with van der Waals surface area (Å²) in [6, 6.07) is 0. The Morgan fingerprint density at radius 1 is 1.30 bits per heavy atom. The predicted molar refractivity (Wildman–Crippen MR) is 89.7 cm³/mol. The molecule has 7 atom stereocenters. The van der Waals surface area contributed by atoms with E-state index in [-0.39, 0.29) is 42.5 Å². The first-order valence-electron chi connectivity index (χ1n) is 8.92. The molecule has 0 aromatic heterocycles. The largest absolute Gasteiger partial charge is 0.396 e. The summed E-state index contributed by atoms with van der Waals surface area (Å²) in [5.41, 5.74) is -0.590. The molecule has 1 saturated carbocycles. The molecule has 0 bridgehead atoms. The average Bonchev–Trinajstić information content (AvgIpc) is 2.46. The molecule has 23 heavy (non-hydrogen) atoms. The Balaban J connectivity index is 2.46. The second-order valence-electron chi connectivity index (χ2n) is 8.17. The Bertz CT molecular complexity index is 458. The molecule has 2 aliphatic carbocycles. The quantitative estimate of drug-likeness (QED) is 0.677. The van der Waals surface area contributed by atoms with E-state index in [9.17, 15) is 20.1 Å². The highest BCUT2D eigenvalue weighted by molar-refractivity contribution is 5.86. The topological polar surface area (TPSA) is 77.8 Å². The smallest absolute Gasteiger partial charge is 0.141 e. The van der Waals surface area contributed by atoms with Gasteiger partial charge in [0.05, 0.1) is 12.2 Å². The van der Waals surface area contributed by atoms with Crippen LogP contribution in [0.25, 0.3) is 0 Å². The van der Waals surface area contributed by atoms with Gasteiger partial charge in [0.2, 0.25) is 0 Å². The molecule has 4 heteroatoms. The van der Waals surface area contributed by atoms with Gasteiger partial charge in [0.25, 0.3) is 0 Å². The number of aliphatic hydroxyl groups is 3. The summed E-state index contributed by atoms with van der Waals surface area (Å²) in [4.78, 5) is 13.0. The zero-order chi connectivity index (χ0) is 17.4. The van der Waals surface area contributed by atoms with Crippen LogP contribution in [-0.2, 0) is 4.79 Å². The highest BCUT2D eigenvalue weighted by Crippen LogP contribution is 2.55. The van der Waals surface area contributed by atoms with E-state index in [1.807, 2.05) is 13.0 Å². The molecule has 1 fully saturated rings. The fraction of sp³-hybridized carbons (Fsp3) is 0.842. The average molecular weight is 324 g/mol. The van der Waals surface area contributed by atoms with Crippen molar-refractivity contribution in [2.24, 2.45) is 35.0 Å². The number of ketones is 1. The molecular weight excluding hydrogens is 292 g/mol. The van der Waals surface area contributed by atoms with E-state index >= 15 is 0 Å². The molecule has 3 N–H and O–H groups in total. The second kappa shape index (κ2) is 7.04. The number of rotatable bonds is 5. The van der Waals surface area contributed by atoms with Crippen LogP contribution >= 0.6 is 0 Å². The molecule has 0 spiro atoms. The Morgan fingerprint density at radius 3 is 2.52 bits per heavy atom. The van der Waals surface area contributed by atoms with Gasteiger partial charge in [-0.2, -0.15) is 0 Å². The number of fused-ring (bicyclic) bond motifs is 1. The number of carbonyl (C=O) groups excluding carboxylic acids is 1. The van der Waals surface area contributed by atoms with E-state index in [0.29, 0.717) is 12.3 Å². The standard InChI is InChI=1S/C19H32O4/c1-11(2)9-13-5-6-14-17(12(3)10-15(21)18(14)23)19(13,4)16(22)7-8-20/h5-6,11-15,17-18,20-21,23H,7-10H2,1-4H3/t12-,13-,14-,15-,17+,18+,19-/m1/s1. The van der Waals surface area contributed by atoms with Crippen molar-refractivity contribution in [1.29, 1.82) is 0 Å². The molecule has 0 heterocycles. The maximum atomic E-state index is 13.0. The molecule has 0 unspecified atom stereocenters. The number of hydrogen-bond donors (Lipinski definition) is 3. The fourth-order valence-corrected chi connectivity index (χ4v) is 5.04. The van der Waals surface area contributed by atoms with E-state index in [1.165, 1.54) is 0 Å². The summed E-state index contributed by atoms with van der Waals surface area (Å²) in [6.45, 7) is 8.26. The van der Waals surface area contributed by atoms with Crippen LogP contribution in [0.1, 0.15) is 47.0 Å². The molecule has 0 saturated heterocycles. The number of Topliss-reactive ketones (excluding diaryl/α,β-unsaturated/α-hetero) is 1. The number of allylic oxidation sites excluding steroid dienone is 1. The van der Waals surface area contributed by atoms with Crippen molar-refractivity contribution in [3.63, 3.8) is 0 Å². The third-order valence-corrected chi connectivity index (χ3v) is 6.12. The molecule has 2 aliphatic rings. The summed E-state index contributed by atoms with van der Waals surface area (Å²) in [6.07, 6.45) is 4.15. The lowest BCUT2D eigenvalue weighted by Gasteiger charge is -2.54. The highest BCUT2D eigenvalue weighted by atomic mass is 16.3. The summed E-state index contributed by atoms with van der Waals surface area (Å²) in [5, 5.41) is 29.8. The first-order chi connectivity index (χ1) is 10.7. The van der Waals surface area contributed by atoms with Crippen LogP contribution in [-0.4, -0.2) is 39.9 Å². The van der Waals surface area contributed by atoms with Crippen LogP contribution in [0.15, 0.2) is 12.2 Å². The zero-order valence-corrected chi connectivity index (χ0v) is 14.8. The Labute approximate surface area is 139 Å². The van der Waals surface area contributed by atoms with Gasteiger partial charge in [0.1, 0.15) is 5.78 Å². The third-order valence-electron chi connectivity index (χ3n) is 6.12. The SMILES string of the molecule is CC(C)C[C@H]1C=C[C@H]2[C@H](O)[C@H](O)C[C@@H](C)[C@@H]2[C@@]1(C)C(=O)CCO. The molecule has 0 aromatic carbocycles. The summed E-state index contributed by atoms with van der Waals surface area (Å²) in [7, 11) is 0. The lowest BCUT2D eigenvalue weighted by atomic mass is 9.50. The first-order valence-corrected chi connectivity index (χ1v) is 8.92. The Kier molecular flexibility index (Phi) is 5.70. The van der Waals surface area contributed by atoms with Gasteiger partial charge in [-0.25, -0.2) is 0 Å². The monoisotopic (exact) mass is 324 g/mol. The zero-order valence-electron chi connectivity index (χ0n) is 14.8. The normalized spacial score (nSPS) is 43.5. The number of hydrogen-bond acceptors (Lipinski definition) is 4. The van der Waals surface area contributed by atoms with E-state index in [4.69, 9.17) is 0 Å². The van der Waals surface area contributed by atoms with Gasteiger partial charge in [-0.15, -0.1) is 0 Å². The fourth-order valence-electron chi connectivity index (χ4n) is 5.04. The molecule has 0 radical (unpaired) electrons. The van der Waals surface area contributed by atoms with E-state index in [0.717, 1.165) is 6.42 Å². The van der Waals surface area contributed by atoms with Gasteiger partial charge in [0.15, 0.2) is 0 Å². The highest BCUT2D eigenvalue weighted by Gasteiger charge is 2.56. The minimum Gasteiger partial charge on any atom is -0.396 e. The van der Waals surface area contributed by atoms with Crippen molar-refractivity contribution in [3.05, 3.63) is 12.2 Å². The minimum absolute atomic E-state index is 0.00806. The van der Waals surface area contributed by atoms with Gasteiger partial charge in [0, 0.05) is 24.4 Å². The summed E-state index contributed by atoms with van der Waals surface area (Å²) >= 11 is 0. The van der Waals surface area contributed by atoms with Gasteiger partial charge in [-0.05, 0) is 36.5 Å². The Hall–Kier alpha value is -0.710. The molecule has 0 amide bonds. The van der Waals surface area contributed by atoms with Crippen LogP contribution in [0.3, 0.4) is 0 Å². The maximum absolute atomic E-state index is 13.0. The molecule has 132 valence electrons. The molecule has 0 aromatic rings. The van der Waals surface area contributed by atoms with E-state index in [1.54, 1.807) is 0 Å². The van der Waals surface area contributed by atoms with Crippen LogP contribution in [0.4, 0.5) is 0 Å². The van der Waals surface area contributed by atoms with Crippen molar-refractivity contribution in [1.82, 2.24) is 0 Å². The maximum Gasteiger partial charge on any atom is 0.141 e. The van der Waals surface area contributed by atoms with Crippen molar-refractivity contribution < 1.29 is 20.1 Å². The van der Waals surface area contributed by atoms with Crippen LogP contribution in [0.2, 0.25) is 0 Å². The van der Waals surface area contributed by atoms with Crippen LogP contribution < -0.4 is 0 Å². The predicted octanol–water partition coefficient (Wildman–Crippen LogP) is 2.17.